The number of hydrogen-bond donors (Lipinski definition) is 1. The number of alkyl halides is 3. The van der Waals surface area contributed by atoms with E-state index >= 15 is 0 Å². The highest BCUT2D eigenvalue weighted by Crippen LogP contribution is 2.33. The van der Waals surface area contributed by atoms with Crippen LogP contribution in [0.3, 0.4) is 0 Å². The molecule has 0 unspecified atom stereocenters. The fourth-order valence-corrected chi connectivity index (χ4v) is 1.78. The van der Waals surface area contributed by atoms with E-state index in [1.807, 2.05) is 11.6 Å². The zero-order valence-electron chi connectivity index (χ0n) is 10.6. The Morgan fingerprint density at radius 3 is 2.63 bits per heavy atom. The van der Waals surface area contributed by atoms with Crippen LogP contribution >= 0.6 is 0 Å². The van der Waals surface area contributed by atoms with E-state index < -0.39 is 11.7 Å². The number of benzene rings is 1. The summed E-state index contributed by atoms with van der Waals surface area (Å²) in [7, 11) is 1.83. The molecule has 0 radical (unpaired) electrons. The number of hydrogen-bond acceptors (Lipinski definition) is 2. The van der Waals surface area contributed by atoms with Gasteiger partial charge in [-0.15, -0.1) is 0 Å². The van der Waals surface area contributed by atoms with Crippen LogP contribution in [0.1, 0.15) is 16.8 Å². The summed E-state index contributed by atoms with van der Waals surface area (Å²) in [5.41, 5.74) is 0.953. The summed E-state index contributed by atoms with van der Waals surface area (Å²) in [4.78, 5) is 3.95. The molecule has 102 valence electrons. The van der Waals surface area contributed by atoms with Crippen LogP contribution in [0.15, 0.2) is 30.7 Å². The highest BCUT2D eigenvalue weighted by Gasteiger charge is 2.32. The van der Waals surface area contributed by atoms with E-state index in [0.717, 1.165) is 11.8 Å². The second kappa shape index (κ2) is 4.95. The third-order valence-electron chi connectivity index (χ3n) is 2.93. The molecule has 1 aromatic heterocycles. The van der Waals surface area contributed by atoms with Crippen LogP contribution in [0.2, 0.25) is 0 Å². The standard InChI is InChI=1S/C13H14F3N3/c1-9-3-4-10(5-12(9)13(14,15)16)18-7-11-6-17-8-19(11)2/h3-6,8,18H,7H2,1-2H3. The van der Waals surface area contributed by atoms with Crippen molar-refractivity contribution in [2.75, 3.05) is 5.32 Å². The topological polar surface area (TPSA) is 29.9 Å². The number of imidazole rings is 1. The molecule has 2 rings (SSSR count). The maximum absolute atomic E-state index is 12.8. The van der Waals surface area contributed by atoms with Crippen LogP contribution in [0.4, 0.5) is 18.9 Å². The Balaban J connectivity index is 2.16. The van der Waals surface area contributed by atoms with Crippen molar-refractivity contribution in [2.45, 2.75) is 19.6 Å². The number of rotatable bonds is 3. The van der Waals surface area contributed by atoms with Crippen molar-refractivity contribution in [1.29, 1.82) is 0 Å². The van der Waals surface area contributed by atoms with Gasteiger partial charge in [0.25, 0.3) is 0 Å². The largest absolute Gasteiger partial charge is 0.416 e. The van der Waals surface area contributed by atoms with Gasteiger partial charge in [-0.1, -0.05) is 6.07 Å². The second-order valence-electron chi connectivity index (χ2n) is 4.38. The first-order valence-electron chi connectivity index (χ1n) is 5.75. The Labute approximate surface area is 109 Å². The smallest absolute Gasteiger partial charge is 0.379 e. The van der Waals surface area contributed by atoms with Gasteiger partial charge in [-0.2, -0.15) is 13.2 Å². The van der Waals surface area contributed by atoms with Crippen LogP contribution in [-0.4, -0.2) is 9.55 Å². The van der Waals surface area contributed by atoms with Gasteiger partial charge in [-0.3, -0.25) is 0 Å². The van der Waals surface area contributed by atoms with E-state index in [4.69, 9.17) is 0 Å². The van der Waals surface area contributed by atoms with E-state index in [0.29, 0.717) is 12.2 Å². The van der Waals surface area contributed by atoms with Crippen LogP contribution in [-0.2, 0) is 19.8 Å². The predicted molar refractivity (Wildman–Crippen MR) is 66.7 cm³/mol. The summed E-state index contributed by atoms with van der Waals surface area (Å²) in [6.07, 6.45) is -1.01. The molecule has 0 aliphatic rings. The fourth-order valence-electron chi connectivity index (χ4n) is 1.78. The maximum Gasteiger partial charge on any atom is 0.416 e. The summed E-state index contributed by atoms with van der Waals surface area (Å²) < 4.78 is 40.1. The minimum atomic E-state index is -4.33. The predicted octanol–water partition coefficient (Wildman–Crippen LogP) is 3.36. The summed E-state index contributed by atoms with van der Waals surface area (Å²) in [5.74, 6) is 0. The summed E-state index contributed by atoms with van der Waals surface area (Å²) >= 11 is 0. The fraction of sp³-hybridized carbons (Fsp3) is 0.308. The molecule has 1 N–H and O–H groups in total. The van der Waals surface area contributed by atoms with E-state index in [1.165, 1.54) is 13.0 Å². The first-order chi connectivity index (χ1) is 8.88. The molecule has 0 aliphatic heterocycles. The van der Waals surface area contributed by atoms with Crippen LogP contribution < -0.4 is 5.32 Å². The van der Waals surface area contributed by atoms with Gasteiger partial charge in [0.15, 0.2) is 0 Å². The average Bonchev–Trinajstić information content (AvgIpc) is 2.72. The van der Waals surface area contributed by atoms with Crippen LogP contribution in [0.5, 0.6) is 0 Å². The number of aryl methyl sites for hydroxylation is 2. The Morgan fingerprint density at radius 1 is 1.32 bits per heavy atom. The first kappa shape index (κ1) is 13.5. The Kier molecular flexibility index (Phi) is 3.50. The first-order valence-corrected chi connectivity index (χ1v) is 5.75. The zero-order chi connectivity index (χ0) is 14.0. The monoisotopic (exact) mass is 269 g/mol. The van der Waals surface area contributed by atoms with Gasteiger partial charge in [0.1, 0.15) is 0 Å². The number of aromatic nitrogens is 2. The van der Waals surface area contributed by atoms with Crippen molar-refractivity contribution >= 4 is 5.69 Å². The van der Waals surface area contributed by atoms with Crippen molar-refractivity contribution in [3.8, 4) is 0 Å². The SMILES string of the molecule is Cc1ccc(NCc2cncn2C)cc1C(F)(F)F. The molecular weight excluding hydrogens is 255 g/mol. The van der Waals surface area contributed by atoms with Crippen LogP contribution in [0.25, 0.3) is 0 Å². The van der Waals surface area contributed by atoms with Crippen molar-refractivity contribution in [2.24, 2.45) is 7.05 Å². The molecular formula is C13H14F3N3. The maximum atomic E-state index is 12.8. The molecule has 0 bridgehead atoms. The van der Waals surface area contributed by atoms with Crippen molar-refractivity contribution in [3.63, 3.8) is 0 Å². The molecule has 0 saturated heterocycles. The van der Waals surface area contributed by atoms with Crippen LogP contribution in [0, 0.1) is 6.92 Å². The lowest BCUT2D eigenvalue weighted by Crippen LogP contribution is -2.09. The van der Waals surface area contributed by atoms with E-state index in [9.17, 15) is 13.2 Å². The van der Waals surface area contributed by atoms with Crippen molar-refractivity contribution < 1.29 is 13.2 Å². The number of nitrogens with zero attached hydrogens (tertiary/aromatic N) is 2. The van der Waals surface area contributed by atoms with Gasteiger partial charge in [0, 0.05) is 18.9 Å². The average molecular weight is 269 g/mol. The normalized spacial score (nSPS) is 11.6. The molecule has 0 fully saturated rings. The minimum absolute atomic E-state index is 0.221. The summed E-state index contributed by atoms with van der Waals surface area (Å²) in [5, 5.41) is 2.97. The van der Waals surface area contributed by atoms with Crippen molar-refractivity contribution in [3.05, 3.63) is 47.5 Å². The molecule has 6 heteroatoms. The Bertz CT molecular complexity index is 573. The molecule has 0 spiro atoms. The highest BCUT2D eigenvalue weighted by atomic mass is 19.4. The molecule has 0 saturated carbocycles. The second-order valence-corrected chi connectivity index (χ2v) is 4.38. The minimum Gasteiger partial charge on any atom is -0.379 e. The number of nitrogens with one attached hydrogen (secondary N) is 1. The molecule has 0 amide bonds. The molecule has 19 heavy (non-hydrogen) atoms. The Hall–Kier alpha value is -1.98. The summed E-state index contributed by atoms with van der Waals surface area (Å²) in [6.45, 7) is 1.88. The molecule has 1 heterocycles. The Morgan fingerprint density at radius 2 is 2.05 bits per heavy atom. The quantitative estimate of drug-likeness (QED) is 0.926. The lowest BCUT2D eigenvalue weighted by molar-refractivity contribution is -0.138. The third-order valence-corrected chi connectivity index (χ3v) is 2.93. The number of halogens is 3. The van der Waals surface area contributed by atoms with Gasteiger partial charge in [0.05, 0.1) is 24.1 Å². The van der Waals surface area contributed by atoms with Crippen molar-refractivity contribution in [1.82, 2.24) is 9.55 Å². The highest BCUT2D eigenvalue weighted by molar-refractivity contribution is 5.49. The molecule has 1 aromatic carbocycles. The van der Waals surface area contributed by atoms with Gasteiger partial charge in [0.2, 0.25) is 0 Å². The van der Waals surface area contributed by atoms with Gasteiger partial charge in [-0.05, 0) is 24.6 Å². The molecule has 0 atom stereocenters. The van der Waals surface area contributed by atoms with Gasteiger partial charge in [-0.25, -0.2) is 4.98 Å². The summed E-state index contributed by atoms with van der Waals surface area (Å²) in [6, 6.07) is 4.24. The lowest BCUT2D eigenvalue weighted by Gasteiger charge is -2.13. The molecule has 3 nitrogen and oxygen atoms in total. The molecule has 0 aliphatic carbocycles. The molecule has 2 aromatic rings. The van der Waals surface area contributed by atoms with E-state index in [-0.39, 0.29) is 5.56 Å². The van der Waals surface area contributed by atoms with Gasteiger partial charge < -0.3 is 9.88 Å². The van der Waals surface area contributed by atoms with E-state index in [2.05, 4.69) is 10.3 Å². The van der Waals surface area contributed by atoms with Gasteiger partial charge >= 0.3 is 6.18 Å². The zero-order valence-corrected chi connectivity index (χ0v) is 10.6. The lowest BCUT2D eigenvalue weighted by atomic mass is 10.1. The number of anilines is 1. The third kappa shape index (κ3) is 3.07. The van der Waals surface area contributed by atoms with E-state index in [1.54, 1.807) is 18.6 Å².